The number of carbonyl (C=O) groups excluding carboxylic acids is 1. The third-order valence-corrected chi connectivity index (χ3v) is 3.04. The summed E-state index contributed by atoms with van der Waals surface area (Å²) in [7, 11) is 0. The largest absolute Gasteiger partial charge is 0.401 e. The zero-order valence-electron chi connectivity index (χ0n) is 11.7. The molecular formula is C13H17ClF3N3O. The molecule has 21 heavy (non-hydrogen) atoms. The highest BCUT2D eigenvalue weighted by molar-refractivity contribution is 6.34. The molecule has 0 aromatic heterocycles. The van der Waals surface area contributed by atoms with Gasteiger partial charge in [-0.25, -0.2) is 0 Å². The Labute approximate surface area is 126 Å². The van der Waals surface area contributed by atoms with Crippen LogP contribution in [-0.4, -0.2) is 36.1 Å². The first-order valence-electron chi connectivity index (χ1n) is 6.24. The minimum atomic E-state index is -4.36. The Morgan fingerprint density at radius 1 is 1.43 bits per heavy atom. The molecule has 0 aliphatic rings. The standard InChI is InChI=1S/C13H17ClF3N3O/c1-8(2)20(7-13(15,16)17)6-12(21)19-11-4-3-9(18)5-10(11)14/h3-5,8H,6-7,18H2,1-2H3,(H,19,21). The molecule has 4 nitrogen and oxygen atoms in total. The van der Waals surface area contributed by atoms with Gasteiger partial charge in [-0.15, -0.1) is 0 Å². The number of alkyl halides is 3. The van der Waals surface area contributed by atoms with Crippen molar-refractivity contribution in [3.8, 4) is 0 Å². The first-order chi connectivity index (χ1) is 9.58. The van der Waals surface area contributed by atoms with E-state index < -0.39 is 24.7 Å². The van der Waals surface area contributed by atoms with Crippen LogP contribution in [-0.2, 0) is 4.79 Å². The van der Waals surface area contributed by atoms with E-state index in [0.717, 1.165) is 4.90 Å². The van der Waals surface area contributed by atoms with Crippen LogP contribution in [0.25, 0.3) is 0 Å². The molecule has 1 rings (SSSR count). The van der Waals surface area contributed by atoms with Gasteiger partial charge < -0.3 is 11.1 Å². The molecule has 0 spiro atoms. The summed E-state index contributed by atoms with van der Waals surface area (Å²) in [6.45, 7) is 1.66. The van der Waals surface area contributed by atoms with Gasteiger partial charge in [-0.3, -0.25) is 9.69 Å². The van der Waals surface area contributed by atoms with E-state index in [-0.39, 0.29) is 11.6 Å². The van der Waals surface area contributed by atoms with E-state index in [0.29, 0.717) is 11.4 Å². The predicted molar refractivity (Wildman–Crippen MR) is 77.3 cm³/mol. The topological polar surface area (TPSA) is 58.4 Å². The Bertz CT molecular complexity index is 506. The first kappa shape index (κ1) is 17.6. The highest BCUT2D eigenvalue weighted by Gasteiger charge is 2.32. The van der Waals surface area contributed by atoms with E-state index in [4.69, 9.17) is 17.3 Å². The number of carbonyl (C=O) groups is 1. The van der Waals surface area contributed by atoms with Crippen LogP contribution in [0.15, 0.2) is 18.2 Å². The quantitative estimate of drug-likeness (QED) is 0.818. The normalized spacial score (nSPS) is 12.0. The summed E-state index contributed by atoms with van der Waals surface area (Å²) < 4.78 is 37.3. The summed E-state index contributed by atoms with van der Waals surface area (Å²) in [6.07, 6.45) is -4.36. The van der Waals surface area contributed by atoms with Gasteiger partial charge in [0.15, 0.2) is 0 Å². The Morgan fingerprint density at radius 2 is 2.05 bits per heavy atom. The molecular weight excluding hydrogens is 307 g/mol. The Kier molecular flexibility index (Phi) is 5.86. The molecule has 8 heteroatoms. The van der Waals surface area contributed by atoms with Gasteiger partial charge in [0.2, 0.25) is 5.91 Å². The fraction of sp³-hybridized carbons (Fsp3) is 0.462. The molecule has 0 aliphatic carbocycles. The second kappa shape index (κ2) is 7.00. The van der Waals surface area contributed by atoms with Crippen molar-refractivity contribution < 1.29 is 18.0 Å². The lowest BCUT2D eigenvalue weighted by Gasteiger charge is -2.26. The lowest BCUT2D eigenvalue weighted by Crippen LogP contribution is -2.43. The molecule has 0 aliphatic heterocycles. The second-order valence-corrected chi connectivity index (χ2v) is 5.31. The molecule has 1 aromatic rings. The molecule has 0 unspecified atom stereocenters. The smallest absolute Gasteiger partial charge is 0.399 e. The van der Waals surface area contributed by atoms with Crippen LogP contribution in [0, 0.1) is 0 Å². The van der Waals surface area contributed by atoms with Gasteiger partial charge in [-0.05, 0) is 32.0 Å². The number of hydrogen-bond acceptors (Lipinski definition) is 3. The maximum absolute atomic E-state index is 12.4. The monoisotopic (exact) mass is 323 g/mol. The van der Waals surface area contributed by atoms with Crippen molar-refractivity contribution in [2.45, 2.75) is 26.1 Å². The van der Waals surface area contributed by atoms with Gasteiger partial charge in [0, 0.05) is 11.7 Å². The third kappa shape index (κ3) is 6.22. The summed E-state index contributed by atoms with van der Waals surface area (Å²) in [5.41, 5.74) is 6.26. The van der Waals surface area contributed by atoms with E-state index in [1.165, 1.54) is 18.2 Å². The average molecular weight is 324 g/mol. The molecule has 0 bridgehead atoms. The third-order valence-electron chi connectivity index (χ3n) is 2.73. The number of nitrogens with two attached hydrogens (primary N) is 1. The molecule has 0 fully saturated rings. The molecule has 0 saturated heterocycles. The van der Waals surface area contributed by atoms with Crippen molar-refractivity contribution in [2.75, 3.05) is 24.1 Å². The number of amides is 1. The van der Waals surface area contributed by atoms with Crippen molar-refractivity contribution in [1.29, 1.82) is 0 Å². The fourth-order valence-electron chi connectivity index (χ4n) is 1.66. The summed E-state index contributed by atoms with van der Waals surface area (Å²) in [4.78, 5) is 12.9. The minimum Gasteiger partial charge on any atom is -0.399 e. The van der Waals surface area contributed by atoms with Gasteiger partial charge in [0.1, 0.15) is 0 Å². The summed E-state index contributed by atoms with van der Waals surface area (Å²) in [5, 5.41) is 2.70. The summed E-state index contributed by atoms with van der Waals surface area (Å²) in [6, 6.07) is 4.07. The van der Waals surface area contributed by atoms with Crippen molar-refractivity contribution in [1.82, 2.24) is 4.90 Å². The Hall–Kier alpha value is -1.47. The number of benzene rings is 1. The molecule has 118 valence electrons. The molecule has 0 atom stereocenters. The van der Waals surface area contributed by atoms with E-state index in [1.807, 2.05) is 0 Å². The first-order valence-corrected chi connectivity index (χ1v) is 6.62. The molecule has 1 aromatic carbocycles. The summed E-state index contributed by atoms with van der Waals surface area (Å²) in [5.74, 6) is -0.570. The van der Waals surface area contributed by atoms with Gasteiger partial charge in [0.05, 0.1) is 23.8 Å². The molecule has 0 heterocycles. The highest BCUT2D eigenvalue weighted by atomic mass is 35.5. The number of nitrogen functional groups attached to an aromatic ring is 1. The fourth-order valence-corrected chi connectivity index (χ4v) is 1.89. The number of anilines is 2. The second-order valence-electron chi connectivity index (χ2n) is 4.90. The molecule has 0 radical (unpaired) electrons. The zero-order valence-corrected chi connectivity index (χ0v) is 12.4. The van der Waals surface area contributed by atoms with Gasteiger partial charge >= 0.3 is 6.18 Å². The number of nitrogens with zero attached hydrogens (tertiary/aromatic N) is 1. The highest BCUT2D eigenvalue weighted by Crippen LogP contribution is 2.24. The lowest BCUT2D eigenvalue weighted by atomic mass is 10.2. The van der Waals surface area contributed by atoms with Gasteiger partial charge in [-0.2, -0.15) is 13.2 Å². The number of hydrogen-bond donors (Lipinski definition) is 2. The maximum Gasteiger partial charge on any atom is 0.401 e. The van der Waals surface area contributed by atoms with Crippen LogP contribution in [0.1, 0.15) is 13.8 Å². The number of halogens is 4. The van der Waals surface area contributed by atoms with Crippen molar-refractivity contribution >= 4 is 28.9 Å². The average Bonchev–Trinajstić information content (AvgIpc) is 2.30. The van der Waals surface area contributed by atoms with Crippen LogP contribution in [0.4, 0.5) is 24.5 Å². The predicted octanol–water partition coefficient (Wildman–Crippen LogP) is 3.13. The van der Waals surface area contributed by atoms with Crippen LogP contribution in [0.5, 0.6) is 0 Å². The molecule has 0 saturated carbocycles. The Morgan fingerprint density at radius 3 is 2.52 bits per heavy atom. The Balaban J connectivity index is 2.70. The minimum absolute atomic E-state index is 0.232. The number of nitrogens with one attached hydrogen (secondary N) is 1. The molecule has 1 amide bonds. The SMILES string of the molecule is CC(C)N(CC(=O)Nc1ccc(N)cc1Cl)CC(F)(F)F. The maximum atomic E-state index is 12.4. The molecule has 3 N–H and O–H groups in total. The van der Waals surface area contributed by atoms with Crippen LogP contribution in [0.2, 0.25) is 5.02 Å². The van der Waals surface area contributed by atoms with Crippen LogP contribution in [0.3, 0.4) is 0 Å². The lowest BCUT2D eigenvalue weighted by molar-refractivity contribution is -0.151. The van der Waals surface area contributed by atoms with Crippen LogP contribution < -0.4 is 11.1 Å². The van der Waals surface area contributed by atoms with E-state index >= 15 is 0 Å². The van der Waals surface area contributed by atoms with E-state index in [2.05, 4.69) is 5.32 Å². The van der Waals surface area contributed by atoms with Crippen LogP contribution >= 0.6 is 11.6 Å². The van der Waals surface area contributed by atoms with Gasteiger partial charge in [0.25, 0.3) is 0 Å². The van der Waals surface area contributed by atoms with E-state index in [9.17, 15) is 18.0 Å². The van der Waals surface area contributed by atoms with Crippen molar-refractivity contribution in [3.63, 3.8) is 0 Å². The van der Waals surface area contributed by atoms with Crippen molar-refractivity contribution in [2.24, 2.45) is 0 Å². The van der Waals surface area contributed by atoms with Crippen molar-refractivity contribution in [3.05, 3.63) is 23.2 Å². The van der Waals surface area contributed by atoms with Gasteiger partial charge in [-0.1, -0.05) is 11.6 Å². The number of rotatable bonds is 5. The zero-order chi connectivity index (χ0) is 16.2. The van der Waals surface area contributed by atoms with E-state index in [1.54, 1.807) is 13.8 Å². The summed E-state index contributed by atoms with van der Waals surface area (Å²) >= 11 is 5.89.